The van der Waals surface area contributed by atoms with Gasteiger partial charge in [0.05, 0.1) is 6.20 Å². The lowest BCUT2D eigenvalue weighted by atomic mass is 10.1. The first-order valence-electron chi connectivity index (χ1n) is 5.81. The Labute approximate surface area is 115 Å². The minimum Gasteiger partial charge on any atom is -0.455 e. The van der Waals surface area contributed by atoms with E-state index in [-0.39, 0.29) is 0 Å². The quantitative estimate of drug-likeness (QED) is 0.757. The number of benzene rings is 2. The van der Waals surface area contributed by atoms with Crippen LogP contribution in [0.3, 0.4) is 0 Å². The van der Waals surface area contributed by atoms with Crippen molar-refractivity contribution in [3.63, 3.8) is 0 Å². The minimum atomic E-state index is 0.466. The van der Waals surface area contributed by atoms with Crippen molar-refractivity contribution in [2.75, 3.05) is 5.73 Å². The number of rotatable bonds is 2. The maximum absolute atomic E-state index is 6.17. The average molecular weight is 271 g/mol. The number of nitrogens with zero attached hydrogens (tertiary/aromatic N) is 1. The summed E-state index contributed by atoms with van der Waals surface area (Å²) in [7, 11) is 0. The average Bonchev–Trinajstić information content (AvgIpc) is 2.45. The van der Waals surface area contributed by atoms with Gasteiger partial charge in [0.1, 0.15) is 17.3 Å². The SMILES string of the molecule is Nc1ccc(Oc2ccc(Cl)c3ccccc23)cn1. The molecule has 19 heavy (non-hydrogen) atoms. The Morgan fingerprint density at radius 2 is 1.74 bits per heavy atom. The van der Waals surface area contributed by atoms with Gasteiger partial charge in [0.15, 0.2) is 0 Å². The Kier molecular flexibility index (Phi) is 2.97. The van der Waals surface area contributed by atoms with Gasteiger partial charge in [-0.1, -0.05) is 35.9 Å². The maximum Gasteiger partial charge on any atom is 0.145 e. The summed E-state index contributed by atoms with van der Waals surface area (Å²) in [6, 6.07) is 15.0. The Hall–Kier alpha value is -2.26. The number of hydrogen-bond donors (Lipinski definition) is 1. The van der Waals surface area contributed by atoms with Crippen LogP contribution in [0.25, 0.3) is 10.8 Å². The van der Waals surface area contributed by atoms with E-state index in [2.05, 4.69) is 4.98 Å². The fourth-order valence-electron chi connectivity index (χ4n) is 1.90. The summed E-state index contributed by atoms with van der Waals surface area (Å²) in [4.78, 5) is 4.00. The van der Waals surface area contributed by atoms with Crippen LogP contribution in [0.2, 0.25) is 5.02 Å². The molecule has 0 amide bonds. The highest BCUT2D eigenvalue weighted by molar-refractivity contribution is 6.35. The summed E-state index contributed by atoms with van der Waals surface area (Å²) in [5, 5.41) is 2.63. The molecule has 0 aliphatic rings. The molecule has 2 aromatic carbocycles. The second-order valence-corrected chi connectivity index (χ2v) is 4.52. The van der Waals surface area contributed by atoms with Crippen molar-refractivity contribution in [1.82, 2.24) is 4.98 Å². The molecule has 94 valence electrons. The molecule has 0 aliphatic heterocycles. The monoisotopic (exact) mass is 270 g/mol. The van der Waals surface area contributed by atoms with Crippen LogP contribution in [-0.4, -0.2) is 4.98 Å². The lowest BCUT2D eigenvalue weighted by Gasteiger charge is -2.09. The molecule has 3 rings (SSSR count). The van der Waals surface area contributed by atoms with Crippen LogP contribution in [0.4, 0.5) is 5.82 Å². The molecule has 0 bridgehead atoms. The zero-order valence-corrected chi connectivity index (χ0v) is 10.8. The van der Waals surface area contributed by atoms with Gasteiger partial charge in [0.2, 0.25) is 0 Å². The molecule has 2 N–H and O–H groups in total. The van der Waals surface area contributed by atoms with Crippen molar-refractivity contribution in [3.05, 3.63) is 59.8 Å². The fraction of sp³-hybridized carbons (Fsp3) is 0. The second-order valence-electron chi connectivity index (χ2n) is 4.11. The van der Waals surface area contributed by atoms with Crippen molar-refractivity contribution in [3.8, 4) is 11.5 Å². The smallest absolute Gasteiger partial charge is 0.145 e. The minimum absolute atomic E-state index is 0.466. The molecule has 0 saturated carbocycles. The first kappa shape index (κ1) is 11.8. The van der Waals surface area contributed by atoms with Gasteiger partial charge >= 0.3 is 0 Å². The number of nitrogen functional groups attached to an aromatic ring is 1. The molecule has 0 atom stereocenters. The maximum atomic E-state index is 6.17. The van der Waals surface area contributed by atoms with Gasteiger partial charge in [-0.3, -0.25) is 0 Å². The van der Waals surface area contributed by atoms with E-state index >= 15 is 0 Å². The Morgan fingerprint density at radius 3 is 2.47 bits per heavy atom. The van der Waals surface area contributed by atoms with E-state index in [1.165, 1.54) is 0 Å². The molecule has 1 aromatic heterocycles. The van der Waals surface area contributed by atoms with Gasteiger partial charge < -0.3 is 10.5 Å². The Bertz CT molecular complexity index is 726. The summed E-state index contributed by atoms with van der Waals surface area (Å²) in [6.45, 7) is 0. The van der Waals surface area contributed by atoms with Gasteiger partial charge in [-0.05, 0) is 24.3 Å². The molecule has 3 aromatic rings. The summed E-state index contributed by atoms with van der Waals surface area (Å²) >= 11 is 6.17. The molecule has 3 nitrogen and oxygen atoms in total. The van der Waals surface area contributed by atoms with Crippen molar-refractivity contribution >= 4 is 28.2 Å². The van der Waals surface area contributed by atoms with Crippen LogP contribution in [0.15, 0.2) is 54.7 Å². The molecule has 0 saturated heterocycles. The number of halogens is 1. The summed E-state index contributed by atoms with van der Waals surface area (Å²) < 4.78 is 5.82. The predicted octanol–water partition coefficient (Wildman–Crippen LogP) is 4.26. The molecule has 0 radical (unpaired) electrons. The summed E-state index contributed by atoms with van der Waals surface area (Å²) in [6.07, 6.45) is 1.60. The first-order chi connectivity index (χ1) is 9.24. The van der Waals surface area contributed by atoms with Crippen LogP contribution < -0.4 is 10.5 Å². The van der Waals surface area contributed by atoms with Crippen LogP contribution in [0, 0.1) is 0 Å². The number of fused-ring (bicyclic) bond motifs is 1. The highest BCUT2D eigenvalue weighted by Gasteiger charge is 2.06. The van der Waals surface area contributed by atoms with E-state index in [4.69, 9.17) is 22.1 Å². The van der Waals surface area contributed by atoms with Crippen molar-refractivity contribution in [2.24, 2.45) is 0 Å². The molecule has 0 unspecified atom stereocenters. The molecular formula is C15H11ClN2O. The topological polar surface area (TPSA) is 48.1 Å². The largest absolute Gasteiger partial charge is 0.455 e. The third-order valence-electron chi connectivity index (χ3n) is 2.82. The number of nitrogens with two attached hydrogens (primary N) is 1. The molecule has 0 aliphatic carbocycles. The molecular weight excluding hydrogens is 260 g/mol. The van der Waals surface area contributed by atoms with E-state index in [9.17, 15) is 0 Å². The number of anilines is 1. The second kappa shape index (κ2) is 4.78. The van der Waals surface area contributed by atoms with E-state index in [0.29, 0.717) is 16.6 Å². The molecule has 4 heteroatoms. The third-order valence-corrected chi connectivity index (χ3v) is 3.15. The van der Waals surface area contributed by atoms with Crippen molar-refractivity contribution in [1.29, 1.82) is 0 Å². The standard InChI is InChI=1S/C15H11ClN2O/c16-13-6-7-14(12-4-2-1-3-11(12)13)19-10-5-8-15(17)18-9-10/h1-9H,(H2,17,18). The molecule has 1 heterocycles. The lowest BCUT2D eigenvalue weighted by Crippen LogP contribution is -1.91. The van der Waals surface area contributed by atoms with Crippen LogP contribution in [-0.2, 0) is 0 Å². The lowest BCUT2D eigenvalue weighted by molar-refractivity contribution is 0.486. The highest BCUT2D eigenvalue weighted by Crippen LogP contribution is 2.33. The Morgan fingerprint density at radius 1 is 0.947 bits per heavy atom. The van der Waals surface area contributed by atoms with Crippen molar-refractivity contribution < 1.29 is 4.74 Å². The predicted molar refractivity (Wildman–Crippen MR) is 77.7 cm³/mol. The highest BCUT2D eigenvalue weighted by atomic mass is 35.5. The first-order valence-corrected chi connectivity index (χ1v) is 6.18. The van der Waals surface area contributed by atoms with Gasteiger partial charge in [0, 0.05) is 15.8 Å². The molecule has 0 fully saturated rings. The van der Waals surface area contributed by atoms with Crippen molar-refractivity contribution in [2.45, 2.75) is 0 Å². The van der Waals surface area contributed by atoms with Crippen LogP contribution in [0.1, 0.15) is 0 Å². The van der Waals surface area contributed by atoms with E-state index in [0.717, 1.165) is 16.5 Å². The zero-order chi connectivity index (χ0) is 13.2. The number of pyridine rings is 1. The van der Waals surface area contributed by atoms with Gasteiger partial charge in [-0.25, -0.2) is 4.98 Å². The normalized spacial score (nSPS) is 10.6. The van der Waals surface area contributed by atoms with Gasteiger partial charge in [-0.2, -0.15) is 0 Å². The number of ether oxygens (including phenoxy) is 1. The summed E-state index contributed by atoms with van der Waals surface area (Å²) in [5.41, 5.74) is 5.55. The number of hydrogen-bond acceptors (Lipinski definition) is 3. The van der Waals surface area contributed by atoms with E-state index in [1.807, 2.05) is 36.4 Å². The van der Waals surface area contributed by atoms with Crippen LogP contribution in [0.5, 0.6) is 11.5 Å². The summed E-state index contributed by atoms with van der Waals surface area (Å²) in [5.74, 6) is 1.85. The van der Waals surface area contributed by atoms with Gasteiger partial charge in [0.25, 0.3) is 0 Å². The molecule has 0 spiro atoms. The third kappa shape index (κ3) is 2.33. The number of aromatic nitrogens is 1. The zero-order valence-electron chi connectivity index (χ0n) is 10.0. The van der Waals surface area contributed by atoms with Crippen LogP contribution >= 0.6 is 11.6 Å². The fourth-order valence-corrected chi connectivity index (χ4v) is 2.13. The van der Waals surface area contributed by atoms with E-state index in [1.54, 1.807) is 18.3 Å². The van der Waals surface area contributed by atoms with E-state index < -0.39 is 0 Å². The Balaban J connectivity index is 2.06. The van der Waals surface area contributed by atoms with Gasteiger partial charge in [-0.15, -0.1) is 0 Å².